The molecule has 1 aliphatic rings. The van der Waals surface area contributed by atoms with Gasteiger partial charge in [-0.15, -0.1) is 11.6 Å². The van der Waals surface area contributed by atoms with Gasteiger partial charge in [0.05, 0.1) is 5.02 Å². The minimum atomic E-state index is 0.132. The molecule has 0 radical (unpaired) electrons. The molecule has 0 amide bonds. The fraction of sp³-hybridized carbons (Fsp3) is 0.400. The molecule has 1 aliphatic heterocycles. The second-order valence-corrected chi connectivity index (χ2v) is 4.71. The van der Waals surface area contributed by atoms with E-state index in [9.17, 15) is 5.11 Å². The van der Waals surface area contributed by atoms with Gasteiger partial charge in [0.1, 0.15) is 5.75 Å². The molecule has 2 rings (SSSR count). The predicted octanol–water partition coefficient (Wildman–Crippen LogP) is 2.95. The minimum Gasteiger partial charge on any atom is -0.506 e. The van der Waals surface area contributed by atoms with Crippen LogP contribution in [-0.4, -0.2) is 17.0 Å². The van der Waals surface area contributed by atoms with Crippen molar-refractivity contribution < 1.29 is 5.11 Å². The Bertz CT molecular complexity index is 395. The summed E-state index contributed by atoms with van der Waals surface area (Å²) in [7, 11) is 0. The molecule has 0 spiro atoms. The van der Waals surface area contributed by atoms with E-state index in [1.54, 1.807) is 6.07 Å². The Labute approximate surface area is 103 Å². The first-order valence-corrected chi connectivity index (χ1v) is 5.90. The third kappa shape index (κ3) is 2.04. The molecule has 1 unspecified atom stereocenters. The van der Waals surface area contributed by atoms with Crippen molar-refractivity contribution in [2.75, 3.05) is 5.88 Å². The Morgan fingerprint density at radius 1 is 1.33 bits per heavy atom. The topological polar surface area (TPSA) is 32.3 Å². The van der Waals surface area contributed by atoms with Crippen molar-refractivity contribution in [1.82, 2.24) is 5.32 Å². The molecule has 1 aromatic rings. The molecular weight excluding hydrogens is 256 g/mol. The number of aromatic hydroxyl groups is 1. The lowest BCUT2D eigenvalue weighted by molar-refractivity contribution is 0.446. The van der Waals surface area contributed by atoms with Crippen LogP contribution in [0.2, 0.25) is 10.0 Å². The Morgan fingerprint density at radius 2 is 2.07 bits per heavy atom. The summed E-state index contributed by atoms with van der Waals surface area (Å²) in [6, 6.07) is 1.74. The monoisotopic (exact) mass is 265 g/mol. The number of phenols is 1. The van der Waals surface area contributed by atoms with Gasteiger partial charge in [-0.1, -0.05) is 23.2 Å². The molecule has 0 saturated heterocycles. The molecule has 2 N–H and O–H groups in total. The number of benzene rings is 1. The zero-order valence-corrected chi connectivity index (χ0v) is 10.1. The standard InChI is InChI=1S/C10H10Cl3NO/c11-3-5-1-6-7(4-14-5)8(12)2-9(13)10(6)15/h2,5,14-15H,1,3-4H2. The lowest BCUT2D eigenvalue weighted by Crippen LogP contribution is -2.37. The summed E-state index contributed by atoms with van der Waals surface area (Å²) in [5.74, 6) is 0.635. The van der Waals surface area contributed by atoms with Crippen LogP contribution in [0.4, 0.5) is 0 Å². The van der Waals surface area contributed by atoms with Crippen molar-refractivity contribution in [3.63, 3.8) is 0 Å². The molecule has 15 heavy (non-hydrogen) atoms. The molecule has 82 valence electrons. The van der Waals surface area contributed by atoms with Crippen molar-refractivity contribution in [1.29, 1.82) is 0 Å². The fourth-order valence-electron chi connectivity index (χ4n) is 1.78. The Kier molecular flexibility index (Phi) is 3.31. The third-order valence-corrected chi connectivity index (χ3v) is 3.62. The van der Waals surface area contributed by atoms with Gasteiger partial charge >= 0.3 is 0 Å². The van der Waals surface area contributed by atoms with Gasteiger partial charge in [0.2, 0.25) is 0 Å². The van der Waals surface area contributed by atoms with E-state index in [0.717, 1.165) is 11.1 Å². The zero-order chi connectivity index (χ0) is 11.0. The quantitative estimate of drug-likeness (QED) is 0.766. The van der Waals surface area contributed by atoms with E-state index in [2.05, 4.69) is 5.32 Å². The highest BCUT2D eigenvalue weighted by molar-refractivity contribution is 6.36. The van der Waals surface area contributed by atoms with Crippen LogP contribution in [0.15, 0.2) is 6.07 Å². The van der Waals surface area contributed by atoms with Gasteiger partial charge in [-0.3, -0.25) is 0 Å². The van der Waals surface area contributed by atoms with E-state index in [0.29, 0.717) is 28.9 Å². The van der Waals surface area contributed by atoms with Crippen LogP contribution in [0.5, 0.6) is 5.75 Å². The van der Waals surface area contributed by atoms with Gasteiger partial charge in [0.15, 0.2) is 0 Å². The molecule has 0 saturated carbocycles. The predicted molar refractivity (Wildman–Crippen MR) is 63.2 cm³/mol. The summed E-state index contributed by atoms with van der Waals surface area (Å²) in [6.07, 6.45) is 0.658. The number of phenolic OH excluding ortho intramolecular Hbond substituents is 1. The summed E-state index contributed by atoms with van der Waals surface area (Å²) in [4.78, 5) is 0. The molecule has 5 heteroatoms. The maximum atomic E-state index is 9.82. The van der Waals surface area contributed by atoms with Crippen LogP contribution in [-0.2, 0) is 13.0 Å². The second kappa shape index (κ2) is 4.38. The second-order valence-electron chi connectivity index (χ2n) is 3.58. The van der Waals surface area contributed by atoms with Gasteiger partial charge in [0.25, 0.3) is 0 Å². The summed E-state index contributed by atoms with van der Waals surface area (Å²) < 4.78 is 0. The van der Waals surface area contributed by atoms with Crippen molar-refractivity contribution in [3.05, 3.63) is 27.2 Å². The van der Waals surface area contributed by atoms with Crippen molar-refractivity contribution in [3.8, 4) is 5.75 Å². The fourth-order valence-corrected chi connectivity index (χ4v) is 2.57. The summed E-state index contributed by atoms with van der Waals surface area (Å²) in [5.41, 5.74) is 1.73. The molecule has 1 aromatic carbocycles. The van der Waals surface area contributed by atoms with Crippen LogP contribution >= 0.6 is 34.8 Å². The molecule has 0 bridgehead atoms. The maximum absolute atomic E-state index is 9.82. The van der Waals surface area contributed by atoms with Crippen LogP contribution in [0, 0.1) is 0 Å². The zero-order valence-electron chi connectivity index (χ0n) is 7.86. The van der Waals surface area contributed by atoms with Gasteiger partial charge in [-0.05, 0) is 18.1 Å². The number of alkyl halides is 1. The number of hydrogen-bond acceptors (Lipinski definition) is 2. The molecule has 0 aromatic heterocycles. The van der Waals surface area contributed by atoms with Crippen molar-refractivity contribution in [2.45, 2.75) is 19.0 Å². The van der Waals surface area contributed by atoms with Gasteiger partial charge < -0.3 is 10.4 Å². The average molecular weight is 267 g/mol. The number of nitrogens with one attached hydrogen (secondary N) is 1. The van der Waals surface area contributed by atoms with E-state index in [1.807, 2.05) is 0 Å². The van der Waals surface area contributed by atoms with E-state index < -0.39 is 0 Å². The molecule has 2 nitrogen and oxygen atoms in total. The first kappa shape index (κ1) is 11.3. The summed E-state index contributed by atoms with van der Waals surface area (Å²) in [6.45, 7) is 0.621. The van der Waals surface area contributed by atoms with Crippen LogP contribution in [0.25, 0.3) is 0 Å². The lowest BCUT2D eigenvalue weighted by atomic mass is 9.95. The summed E-state index contributed by atoms with van der Waals surface area (Å²) in [5, 5.41) is 14.0. The number of fused-ring (bicyclic) bond motifs is 1. The maximum Gasteiger partial charge on any atom is 0.137 e. The summed E-state index contributed by atoms with van der Waals surface area (Å²) >= 11 is 17.7. The van der Waals surface area contributed by atoms with Crippen LogP contribution in [0.3, 0.4) is 0 Å². The minimum absolute atomic E-state index is 0.132. The van der Waals surface area contributed by atoms with Crippen LogP contribution < -0.4 is 5.32 Å². The van der Waals surface area contributed by atoms with Crippen LogP contribution in [0.1, 0.15) is 11.1 Å². The number of hydrogen-bond donors (Lipinski definition) is 2. The number of rotatable bonds is 1. The highest BCUT2D eigenvalue weighted by Gasteiger charge is 2.23. The highest BCUT2D eigenvalue weighted by atomic mass is 35.5. The Hall–Kier alpha value is -0.150. The third-order valence-electron chi connectivity index (χ3n) is 2.62. The van der Waals surface area contributed by atoms with E-state index in [4.69, 9.17) is 34.8 Å². The molecule has 0 fully saturated rings. The Morgan fingerprint density at radius 3 is 2.73 bits per heavy atom. The van der Waals surface area contributed by atoms with E-state index in [1.165, 1.54) is 0 Å². The van der Waals surface area contributed by atoms with Crippen molar-refractivity contribution in [2.24, 2.45) is 0 Å². The Balaban J connectivity index is 2.48. The SMILES string of the molecule is Oc1c(Cl)cc(Cl)c2c1CC(CCl)NC2. The largest absolute Gasteiger partial charge is 0.506 e. The molecular formula is C10H10Cl3NO. The molecule has 1 atom stereocenters. The van der Waals surface area contributed by atoms with E-state index in [-0.39, 0.29) is 11.8 Å². The van der Waals surface area contributed by atoms with Crippen molar-refractivity contribution >= 4 is 34.8 Å². The lowest BCUT2D eigenvalue weighted by Gasteiger charge is -2.26. The first-order valence-electron chi connectivity index (χ1n) is 4.61. The average Bonchev–Trinajstić information content (AvgIpc) is 2.25. The van der Waals surface area contributed by atoms with E-state index >= 15 is 0 Å². The van der Waals surface area contributed by atoms with Gasteiger partial charge in [-0.25, -0.2) is 0 Å². The normalized spacial score (nSPS) is 20.1. The molecule has 1 heterocycles. The highest BCUT2D eigenvalue weighted by Crippen LogP contribution is 2.37. The van der Waals surface area contributed by atoms with Gasteiger partial charge in [-0.2, -0.15) is 0 Å². The molecule has 0 aliphatic carbocycles. The first-order chi connectivity index (χ1) is 7.13. The smallest absolute Gasteiger partial charge is 0.137 e. The number of halogens is 3. The van der Waals surface area contributed by atoms with Gasteiger partial charge in [0, 0.05) is 29.1 Å².